The molecule has 0 aliphatic heterocycles. The van der Waals surface area contributed by atoms with E-state index in [1.165, 1.54) is 21.8 Å². The van der Waals surface area contributed by atoms with Gasteiger partial charge in [-0.15, -0.1) is 0 Å². The van der Waals surface area contributed by atoms with E-state index in [1.54, 1.807) is 31.3 Å². The molecule has 0 atom stereocenters. The van der Waals surface area contributed by atoms with Crippen LogP contribution in [0.15, 0.2) is 41.6 Å². The predicted octanol–water partition coefficient (Wildman–Crippen LogP) is 1.15. The third kappa shape index (κ3) is 4.08. The summed E-state index contributed by atoms with van der Waals surface area (Å²) in [5.41, 5.74) is 0.854. The minimum atomic E-state index is -0.434. The molecule has 0 fully saturated rings. The Labute approximate surface area is 161 Å². The fourth-order valence-corrected chi connectivity index (χ4v) is 2.71. The maximum atomic E-state index is 12.5. The number of nitrogens with zero attached hydrogens (tertiary/aromatic N) is 4. The maximum absolute atomic E-state index is 12.5. The first-order valence-electron chi connectivity index (χ1n) is 8.91. The van der Waals surface area contributed by atoms with Crippen molar-refractivity contribution in [3.63, 3.8) is 0 Å². The first kappa shape index (κ1) is 19.3. The zero-order valence-corrected chi connectivity index (χ0v) is 16.0. The van der Waals surface area contributed by atoms with E-state index in [9.17, 15) is 14.4 Å². The largest absolute Gasteiger partial charge is 0.352 e. The number of nitrogens with one attached hydrogen (secondary N) is 2. The van der Waals surface area contributed by atoms with Crippen LogP contribution < -0.4 is 16.2 Å². The molecule has 3 aromatic rings. The molecule has 9 heteroatoms. The third-order valence-electron chi connectivity index (χ3n) is 4.15. The first-order valence-corrected chi connectivity index (χ1v) is 8.91. The second-order valence-electron chi connectivity index (χ2n) is 6.88. The Morgan fingerprint density at radius 1 is 1.21 bits per heavy atom. The zero-order valence-electron chi connectivity index (χ0n) is 16.0. The molecule has 0 bridgehead atoms. The van der Waals surface area contributed by atoms with Gasteiger partial charge in [0.15, 0.2) is 5.65 Å². The van der Waals surface area contributed by atoms with Crippen LogP contribution in [0, 0.1) is 5.92 Å². The lowest BCUT2D eigenvalue weighted by molar-refractivity contribution is -0.116. The van der Waals surface area contributed by atoms with Crippen molar-refractivity contribution in [2.75, 3.05) is 11.9 Å². The van der Waals surface area contributed by atoms with Gasteiger partial charge in [-0.2, -0.15) is 5.10 Å². The van der Waals surface area contributed by atoms with Crippen molar-refractivity contribution < 1.29 is 9.59 Å². The van der Waals surface area contributed by atoms with Crippen molar-refractivity contribution in [1.82, 2.24) is 24.6 Å². The Balaban J connectivity index is 1.76. The fraction of sp³-hybridized carbons (Fsp3) is 0.316. The molecule has 1 aromatic carbocycles. The summed E-state index contributed by atoms with van der Waals surface area (Å²) in [5.74, 6) is -0.385. The van der Waals surface area contributed by atoms with E-state index in [0.29, 0.717) is 34.7 Å². The minimum Gasteiger partial charge on any atom is -0.352 e. The number of aryl methyl sites for hydroxylation is 1. The van der Waals surface area contributed by atoms with Gasteiger partial charge in [0.2, 0.25) is 5.91 Å². The summed E-state index contributed by atoms with van der Waals surface area (Å²) in [5, 5.41) is 9.87. The number of carbonyl (C=O) groups is 2. The van der Waals surface area contributed by atoms with Crippen molar-refractivity contribution in [3.05, 3.63) is 52.7 Å². The van der Waals surface area contributed by atoms with Gasteiger partial charge in [-0.1, -0.05) is 26.0 Å². The summed E-state index contributed by atoms with van der Waals surface area (Å²) in [6.07, 6.45) is 2.74. The molecule has 0 radical (unpaired) electrons. The van der Waals surface area contributed by atoms with Crippen molar-refractivity contribution in [1.29, 1.82) is 0 Å². The van der Waals surface area contributed by atoms with Crippen molar-refractivity contribution >= 4 is 28.5 Å². The number of carbonyl (C=O) groups excluding carboxylic acids is 2. The molecule has 2 aromatic heterocycles. The highest BCUT2D eigenvalue weighted by Gasteiger charge is 2.15. The number of amides is 2. The number of fused-ring (bicyclic) bond motifs is 1. The summed E-state index contributed by atoms with van der Waals surface area (Å²) in [6.45, 7) is 4.31. The molecule has 0 unspecified atom stereocenters. The van der Waals surface area contributed by atoms with Crippen LogP contribution in [0.5, 0.6) is 0 Å². The van der Waals surface area contributed by atoms with E-state index in [4.69, 9.17) is 0 Å². The molecular weight excluding hydrogens is 360 g/mol. The van der Waals surface area contributed by atoms with Gasteiger partial charge in [0, 0.05) is 13.6 Å². The molecule has 0 aliphatic carbocycles. The second kappa shape index (κ2) is 8.03. The average molecular weight is 382 g/mol. The molecule has 9 nitrogen and oxygen atoms in total. The number of rotatable bonds is 6. The third-order valence-corrected chi connectivity index (χ3v) is 4.15. The topological polar surface area (TPSA) is 111 Å². The molecule has 0 spiro atoms. The van der Waals surface area contributed by atoms with E-state index < -0.39 is 5.91 Å². The van der Waals surface area contributed by atoms with Gasteiger partial charge >= 0.3 is 0 Å². The minimum absolute atomic E-state index is 0.224. The quantitative estimate of drug-likeness (QED) is 0.664. The summed E-state index contributed by atoms with van der Waals surface area (Å²) < 4.78 is 2.70. The van der Waals surface area contributed by atoms with Crippen molar-refractivity contribution in [3.8, 4) is 0 Å². The summed E-state index contributed by atoms with van der Waals surface area (Å²) in [4.78, 5) is 41.5. The van der Waals surface area contributed by atoms with Crippen LogP contribution in [0.25, 0.3) is 11.0 Å². The van der Waals surface area contributed by atoms with E-state index in [0.717, 1.165) is 0 Å². The monoisotopic (exact) mass is 382 g/mol. The smallest absolute Gasteiger partial charge is 0.264 e. The van der Waals surface area contributed by atoms with Gasteiger partial charge in [-0.05, 0) is 18.1 Å². The number of hydrogen-bond acceptors (Lipinski definition) is 5. The van der Waals surface area contributed by atoms with Crippen LogP contribution in [0.3, 0.4) is 0 Å². The highest BCUT2D eigenvalue weighted by molar-refractivity contribution is 6.03. The molecule has 28 heavy (non-hydrogen) atoms. The molecule has 2 N–H and O–H groups in total. The Kier molecular flexibility index (Phi) is 5.53. The Bertz CT molecular complexity index is 1080. The number of anilines is 1. The Morgan fingerprint density at radius 3 is 2.71 bits per heavy atom. The second-order valence-corrected chi connectivity index (χ2v) is 6.88. The molecular formula is C19H22N6O3. The van der Waals surface area contributed by atoms with E-state index in [1.807, 2.05) is 13.8 Å². The van der Waals surface area contributed by atoms with Crippen LogP contribution in [-0.2, 0) is 18.4 Å². The van der Waals surface area contributed by atoms with Gasteiger partial charge in [-0.3, -0.25) is 23.6 Å². The van der Waals surface area contributed by atoms with Gasteiger partial charge in [-0.25, -0.2) is 4.98 Å². The van der Waals surface area contributed by atoms with Gasteiger partial charge in [0.1, 0.15) is 18.3 Å². The molecule has 146 valence electrons. The lowest BCUT2D eigenvalue weighted by Gasteiger charge is -2.13. The molecule has 0 saturated heterocycles. The highest BCUT2D eigenvalue weighted by Crippen LogP contribution is 2.15. The normalized spacial score (nSPS) is 11.0. The fourth-order valence-electron chi connectivity index (χ4n) is 2.71. The lowest BCUT2D eigenvalue weighted by atomic mass is 10.1. The van der Waals surface area contributed by atoms with E-state index in [2.05, 4.69) is 20.7 Å². The molecule has 0 aliphatic rings. The van der Waals surface area contributed by atoms with Gasteiger partial charge in [0.25, 0.3) is 11.5 Å². The first-order chi connectivity index (χ1) is 13.4. The summed E-state index contributed by atoms with van der Waals surface area (Å²) >= 11 is 0. The molecule has 2 amide bonds. The summed E-state index contributed by atoms with van der Waals surface area (Å²) in [6, 6.07) is 6.74. The van der Waals surface area contributed by atoms with E-state index >= 15 is 0 Å². The highest BCUT2D eigenvalue weighted by atomic mass is 16.2. The van der Waals surface area contributed by atoms with Gasteiger partial charge in [0.05, 0.1) is 17.4 Å². The van der Waals surface area contributed by atoms with E-state index in [-0.39, 0.29) is 18.0 Å². The SMILES string of the molecule is CC(C)CNC(=O)c1ccccc1NC(=O)Cn1cnc2c(cnn2C)c1=O. The standard InChI is InChI=1S/C19H22N6O3/c1-12(2)8-20-18(27)13-6-4-5-7-15(13)23-16(26)10-25-11-21-17-14(19(25)28)9-22-24(17)3/h4-7,9,11-12H,8,10H2,1-3H3,(H,20,27)(H,23,26). The number of hydrogen-bond donors (Lipinski definition) is 2. The summed E-state index contributed by atoms with van der Waals surface area (Å²) in [7, 11) is 1.69. The molecule has 2 heterocycles. The molecule has 0 saturated carbocycles. The van der Waals surface area contributed by atoms with Crippen molar-refractivity contribution in [2.45, 2.75) is 20.4 Å². The van der Waals surface area contributed by atoms with Crippen LogP contribution >= 0.6 is 0 Å². The number of aromatic nitrogens is 4. The average Bonchev–Trinajstić information content (AvgIpc) is 3.04. The van der Waals surface area contributed by atoms with Crippen molar-refractivity contribution in [2.24, 2.45) is 13.0 Å². The Hall–Kier alpha value is -3.49. The van der Waals surface area contributed by atoms with Crippen LogP contribution in [-0.4, -0.2) is 37.7 Å². The lowest BCUT2D eigenvalue weighted by Crippen LogP contribution is -2.30. The number of para-hydroxylation sites is 1. The Morgan fingerprint density at radius 2 is 1.96 bits per heavy atom. The van der Waals surface area contributed by atoms with Crippen LogP contribution in [0.1, 0.15) is 24.2 Å². The van der Waals surface area contributed by atoms with Gasteiger partial charge < -0.3 is 10.6 Å². The maximum Gasteiger partial charge on any atom is 0.264 e. The number of benzene rings is 1. The zero-order chi connectivity index (χ0) is 20.3. The van der Waals surface area contributed by atoms with Crippen LogP contribution in [0.4, 0.5) is 5.69 Å². The predicted molar refractivity (Wildman–Crippen MR) is 105 cm³/mol. The van der Waals surface area contributed by atoms with Crippen LogP contribution in [0.2, 0.25) is 0 Å². The molecule has 3 rings (SSSR count).